The van der Waals surface area contributed by atoms with Crippen LogP contribution in [0.2, 0.25) is 0 Å². The lowest BCUT2D eigenvalue weighted by atomic mass is 10.2. The first-order valence-corrected chi connectivity index (χ1v) is 3.88. The minimum absolute atomic E-state index is 0.241. The molecule has 0 saturated carbocycles. The minimum atomic E-state index is 0.241. The molecule has 0 saturated heterocycles. The van der Waals surface area contributed by atoms with Crippen molar-refractivity contribution in [3.8, 4) is 11.8 Å². The molecule has 0 spiro atoms. The largest absolute Gasteiger partial charge is 0.397 e. The first-order valence-electron chi connectivity index (χ1n) is 3.88. The van der Waals surface area contributed by atoms with Crippen LogP contribution in [0, 0.1) is 18.8 Å². The van der Waals surface area contributed by atoms with Crippen molar-refractivity contribution in [2.75, 3.05) is 5.73 Å². The van der Waals surface area contributed by atoms with Gasteiger partial charge in [0.1, 0.15) is 12.0 Å². The van der Waals surface area contributed by atoms with Crippen molar-refractivity contribution < 1.29 is 4.79 Å². The number of nitrogen functional groups attached to an aromatic ring is 1. The molecule has 13 heavy (non-hydrogen) atoms. The third kappa shape index (κ3) is 2.60. The molecule has 2 N–H and O–H groups in total. The normalized spacial score (nSPS) is 8.69. The van der Waals surface area contributed by atoms with E-state index in [1.807, 2.05) is 6.92 Å². The summed E-state index contributed by atoms with van der Waals surface area (Å²) in [6, 6.07) is 1.80. The molecule has 1 aromatic heterocycles. The zero-order chi connectivity index (χ0) is 9.68. The molecule has 1 aromatic rings. The average molecular weight is 174 g/mol. The van der Waals surface area contributed by atoms with Gasteiger partial charge in [0.2, 0.25) is 0 Å². The maximum absolute atomic E-state index is 9.97. The Morgan fingerprint density at radius 3 is 3.08 bits per heavy atom. The van der Waals surface area contributed by atoms with Crippen molar-refractivity contribution >= 4 is 12.0 Å². The number of aryl methyl sites for hydroxylation is 1. The predicted octanol–water partition coefficient (Wildman–Crippen LogP) is 0.913. The second-order valence-corrected chi connectivity index (χ2v) is 2.60. The van der Waals surface area contributed by atoms with Gasteiger partial charge in [-0.2, -0.15) is 0 Å². The van der Waals surface area contributed by atoms with E-state index in [0.717, 1.165) is 11.8 Å². The molecule has 0 fully saturated rings. The Kier molecular flexibility index (Phi) is 3.04. The van der Waals surface area contributed by atoms with Crippen molar-refractivity contribution in [1.82, 2.24) is 4.98 Å². The summed E-state index contributed by atoms with van der Waals surface area (Å²) in [5.41, 5.74) is 7.83. The zero-order valence-corrected chi connectivity index (χ0v) is 7.37. The van der Waals surface area contributed by atoms with E-state index in [1.54, 1.807) is 12.3 Å². The van der Waals surface area contributed by atoms with Crippen LogP contribution < -0.4 is 5.73 Å². The van der Waals surface area contributed by atoms with Gasteiger partial charge < -0.3 is 10.5 Å². The molecule has 1 heterocycles. The van der Waals surface area contributed by atoms with Gasteiger partial charge in [-0.25, -0.2) is 4.98 Å². The molecule has 3 nitrogen and oxygen atoms in total. The average Bonchev–Trinajstić information content (AvgIpc) is 2.12. The molecule has 3 heteroatoms. The molecule has 66 valence electrons. The maximum Gasteiger partial charge on any atom is 0.131 e. The Hall–Kier alpha value is -1.82. The molecule has 0 aliphatic heterocycles. The van der Waals surface area contributed by atoms with Gasteiger partial charge in [-0.15, -0.1) is 0 Å². The van der Waals surface area contributed by atoms with Crippen molar-refractivity contribution in [2.45, 2.75) is 13.3 Å². The lowest BCUT2D eigenvalue weighted by Crippen LogP contribution is -1.92. The van der Waals surface area contributed by atoms with Crippen LogP contribution in [0.25, 0.3) is 0 Å². The molecule has 0 amide bonds. The van der Waals surface area contributed by atoms with Gasteiger partial charge in [-0.05, 0) is 24.5 Å². The number of aromatic nitrogens is 1. The number of nitrogens with zero attached hydrogens (tertiary/aromatic N) is 1. The number of rotatable bonds is 1. The van der Waals surface area contributed by atoms with Crippen molar-refractivity contribution in [3.05, 3.63) is 23.5 Å². The fourth-order valence-corrected chi connectivity index (χ4v) is 0.818. The Balaban J connectivity index is 2.87. The summed E-state index contributed by atoms with van der Waals surface area (Å²) in [6.07, 6.45) is 2.57. The van der Waals surface area contributed by atoms with Crippen LogP contribution in [0.3, 0.4) is 0 Å². The van der Waals surface area contributed by atoms with Crippen LogP contribution in [0.1, 0.15) is 17.7 Å². The zero-order valence-electron chi connectivity index (χ0n) is 7.37. The molecule has 0 aliphatic rings. The Morgan fingerprint density at radius 2 is 2.46 bits per heavy atom. The van der Waals surface area contributed by atoms with Crippen LogP contribution in [-0.2, 0) is 4.79 Å². The van der Waals surface area contributed by atoms with Crippen LogP contribution >= 0.6 is 0 Å². The van der Waals surface area contributed by atoms with E-state index in [9.17, 15) is 4.79 Å². The van der Waals surface area contributed by atoms with Gasteiger partial charge >= 0.3 is 0 Å². The number of carbonyl (C=O) groups is 1. The number of carbonyl (C=O) groups excluding carboxylic acids is 1. The summed E-state index contributed by atoms with van der Waals surface area (Å²) in [5, 5.41) is 0. The Labute approximate surface area is 77.0 Å². The molecular weight excluding hydrogens is 164 g/mol. The van der Waals surface area contributed by atoms with E-state index in [-0.39, 0.29) is 6.42 Å². The number of hydrogen-bond donors (Lipinski definition) is 1. The van der Waals surface area contributed by atoms with Crippen LogP contribution in [0.15, 0.2) is 12.3 Å². The van der Waals surface area contributed by atoms with Crippen molar-refractivity contribution in [2.24, 2.45) is 0 Å². The number of nitrogens with two attached hydrogens (primary N) is 1. The highest BCUT2D eigenvalue weighted by Gasteiger charge is 1.93. The van der Waals surface area contributed by atoms with Gasteiger partial charge in [0.05, 0.1) is 18.3 Å². The maximum atomic E-state index is 9.97. The SMILES string of the molecule is Cc1cc(C#CCC=O)ncc1N. The second kappa shape index (κ2) is 4.27. The standard InChI is InChI=1S/C10H10N2O/c1-8-6-9(4-2-3-5-13)12-7-10(8)11/h5-7H,3,11H2,1H3. The summed E-state index contributed by atoms with van der Waals surface area (Å²) in [5.74, 6) is 5.44. The lowest BCUT2D eigenvalue weighted by molar-refractivity contribution is -0.107. The van der Waals surface area contributed by atoms with Crippen molar-refractivity contribution in [3.63, 3.8) is 0 Å². The fraction of sp³-hybridized carbons (Fsp3) is 0.200. The van der Waals surface area contributed by atoms with Gasteiger partial charge in [0.15, 0.2) is 0 Å². The lowest BCUT2D eigenvalue weighted by Gasteiger charge is -1.97. The third-order valence-electron chi connectivity index (χ3n) is 1.55. The van der Waals surface area contributed by atoms with E-state index in [4.69, 9.17) is 5.73 Å². The molecular formula is C10H10N2O. The Bertz CT molecular complexity index is 374. The minimum Gasteiger partial charge on any atom is -0.397 e. The fourth-order valence-electron chi connectivity index (χ4n) is 0.818. The smallest absolute Gasteiger partial charge is 0.131 e. The molecule has 0 bridgehead atoms. The van der Waals surface area contributed by atoms with Crippen LogP contribution in [0.5, 0.6) is 0 Å². The molecule has 0 atom stereocenters. The molecule has 0 aliphatic carbocycles. The third-order valence-corrected chi connectivity index (χ3v) is 1.55. The summed E-state index contributed by atoms with van der Waals surface area (Å²) >= 11 is 0. The molecule has 0 aromatic carbocycles. The first-order chi connectivity index (χ1) is 6.24. The van der Waals surface area contributed by atoms with Crippen molar-refractivity contribution in [1.29, 1.82) is 0 Å². The quantitative estimate of drug-likeness (QED) is 0.508. The predicted molar refractivity (Wildman–Crippen MR) is 50.9 cm³/mol. The van der Waals surface area contributed by atoms with Crippen LogP contribution in [-0.4, -0.2) is 11.3 Å². The number of pyridine rings is 1. The molecule has 0 radical (unpaired) electrons. The van der Waals surface area contributed by atoms with E-state index in [2.05, 4.69) is 16.8 Å². The summed E-state index contributed by atoms with van der Waals surface area (Å²) in [7, 11) is 0. The second-order valence-electron chi connectivity index (χ2n) is 2.60. The number of anilines is 1. The Morgan fingerprint density at radius 1 is 1.69 bits per heavy atom. The van der Waals surface area contributed by atoms with E-state index >= 15 is 0 Å². The topological polar surface area (TPSA) is 56.0 Å². The highest BCUT2D eigenvalue weighted by molar-refractivity contribution is 5.55. The number of hydrogen-bond acceptors (Lipinski definition) is 3. The monoisotopic (exact) mass is 174 g/mol. The van der Waals surface area contributed by atoms with E-state index in [0.29, 0.717) is 11.4 Å². The van der Waals surface area contributed by atoms with Gasteiger partial charge in [-0.3, -0.25) is 0 Å². The van der Waals surface area contributed by atoms with E-state index < -0.39 is 0 Å². The summed E-state index contributed by atoms with van der Waals surface area (Å²) in [6.45, 7) is 1.89. The van der Waals surface area contributed by atoms with Gasteiger partial charge in [0, 0.05) is 0 Å². The molecule has 1 rings (SSSR count). The first kappa shape index (κ1) is 9.27. The van der Waals surface area contributed by atoms with Gasteiger partial charge in [0.25, 0.3) is 0 Å². The summed E-state index contributed by atoms with van der Waals surface area (Å²) < 4.78 is 0. The van der Waals surface area contributed by atoms with Crippen LogP contribution in [0.4, 0.5) is 5.69 Å². The summed E-state index contributed by atoms with van der Waals surface area (Å²) in [4.78, 5) is 14.0. The highest BCUT2D eigenvalue weighted by atomic mass is 16.1. The van der Waals surface area contributed by atoms with Gasteiger partial charge in [-0.1, -0.05) is 5.92 Å². The highest BCUT2D eigenvalue weighted by Crippen LogP contribution is 2.08. The molecule has 0 unspecified atom stereocenters. The van der Waals surface area contributed by atoms with E-state index in [1.165, 1.54) is 0 Å². The number of aldehydes is 1.